The minimum absolute atomic E-state index is 0. The van der Waals surface area contributed by atoms with Crippen molar-refractivity contribution in [3.8, 4) is 0 Å². The third-order valence-corrected chi connectivity index (χ3v) is 5.62. The van der Waals surface area contributed by atoms with Crippen LogP contribution in [0.25, 0.3) is 0 Å². The van der Waals surface area contributed by atoms with Gasteiger partial charge >= 0.3 is 0 Å². The van der Waals surface area contributed by atoms with Crippen LogP contribution in [0.1, 0.15) is 26.3 Å². The summed E-state index contributed by atoms with van der Waals surface area (Å²) in [4.78, 5) is 18.8. The predicted molar refractivity (Wildman–Crippen MR) is 122 cm³/mol. The van der Waals surface area contributed by atoms with E-state index in [0.29, 0.717) is 13.0 Å². The van der Waals surface area contributed by atoms with Gasteiger partial charge in [-0.25, -0.2) is 4.39 Å². The summed E-state index contributed by atoms with van der Waals surface area (Å²) in [5.41, 5.74) is 6.46. The van der Waals surface area contributed by atoms with Crippen LogP contribution < -0.4 is 11.1 Å². The summed E-state index contributed by atoms with van der Waals surface area (Å²) in [7, 11) is 0. The molecule has 152 valence electrons. The molecule has 1 unspecified atom stereocenters. The Morgan fingerprint density at radius 2 is 2.07 bits per heavy atom. The highest BCUT2D eigenvalue weighted by Gasteiger charge is 2.29. The molecule has 0 aliphatic carbocycles. The van der Waals surface area contributed by atoms with Crippen LogP contribution in [0.2, 0.25) is 0 Å². The summed E-state index contributed by atoms with van der Waals surface area (Å²) in [6.45, 7) is 9.41. The van der Waals surface area contributed by atoms with Crippen LogP contribution in [-0.2, 0) is 11.2 Å². The number of nitrogens with zero attached hydrogens (tertiary/aromatic N) is 2. The summed E-state index contributed by atoms with van der Waals surface area (Å²) in [5, 5.41) is 3.32. The maximum absolute atomic E-state index is 13.1. The topological polar surface area (TPSA) is 70.7 Å². The van der Waals surface area contributed by atoms with Gasteiger partial charge in [0, 0.05) is 30.1 Å². The molecule has 1 aliphatic rings. The third kappa shape index (κ3) is 7.85. The highest BCUT2D eigenvalue weighted by molar-refractivity contribution is 14.0. The highest BCUT2D eigenvalue weighted by atomic mass is 127. The van der Waals surface area contributed by atoms with Crippen LogP contribution in [0.4, 0.5) is 4.39 Å². The Hall–Kier alpha value is -1.03. The van der Waals surface area contributed by atoms with Crippen LogP contribution in [0.5, 0.6) is 0 Å². The van der Waals surface area contributed by atoms with Crippen molar-refractivity contribution in [2.45, 2.75) is 31.9 Å². The number of nitrogens with two attached hydrogens (primary N) is 1. The molecule has 3 N–H and O–H groups in total. The first-order chi connectivity index (χ1) is 12.3. The van der Waals surface area contributed by atoms with E-state index in [1.54, 1.807) is 12.1 Å². The van der Waals surface area contributed by atoms with Gasteiger partial charge in [-0.05, 0) is 44.9 Å². The van der Waals surface area contributed by atoms with E-state index in [1.165, 1.54) is 12.1 Å². The third-order valence-electron chi connectivity index (χ3n) is 4.32. The normalized spacial score (nSPS) is 17.8. The van der Waals surface area contributed by atoms with Crippen LogP contribution in [-0.4, -0.2) is 53.4 Å². The van der Waals surface area contributed by atoms with Crippen LogP contribution in [0.3, 0.4) is 0 Å². The number of hydrogen-bond donors (Lipinski definition) is 2. The number of thioether (sulfide) groups is 1. The number of carbonyl (C=O) groups is 1. The SMILES string of the molecule is CCNC(=NCC(Cc1ccc(F)cc1)C(N)=O)N1CCSC(C)(C)C1.I. The van der Waals surface area contributed by atoms with Gasteiger partial charge in [0.05, 0.1) is 12.5 Å². The van der Waals surface area contributed by atoms with Crippen molar-refractivity contribution in [1.29, 1.82) is 0 Å². The van der Waals surface area contributed by atoms with E-state index in [0.717, 1.165) is 36.9 Å². The molecule has 1 aliphatic heterocycles. The summed E-state index contributed by atoms with van der Waals surface area (Å²) < 4.78 is 13.2. The van der Waals surface area contributed by atoms with Gasteiger partial charge in [-0.2, -0.15) is 11.8 Å². The molecule has 1 heterocycles. The lowest BCUT2D eigenvalue weighted by Crippen LogP contribution is -2.51. The molecule has 27 heavy (non-hydrogen) atoms. The van der Waals surface area contributed by atoms with E-state index >= 15 is 0 Å². The van der Waals surface area contributed by atoms with E-state index in [2.05, 4.69) is 29.1 Å². The molecule has 1 aromatic carbocycles. The van der Waals surface area contributed by atoms with Crippen molar-refractivity contribution in [2.75, 3.05) is 31.9 Å². The maximum atomic E-state index is 13.1. The maximum Gasteiger partial charge on any atom is 0.222 e. The van der Waals surface area contributed by atoms with Gasteiger partial charge in [0.25, 0.3) is 0 Å². The Balaban J connectivity index is 0.00000364. The highest BCUT2D eigenvalue weighted by Crippen LogP contribution is 2.29. The quantitative estimate of drug-likeness (QED) is 0.352. The number of hydrogen-bond acceptors (Lipinski definition) is 3. The molecule has 8 heteroatoms. The second kappa shape index (κ2) is 11.1. The lowest BCUT2D eigenvalue weighted by atomic mass is 9.99. The lowest BCUT2D eigenvalue weighted by Gasteiger charge is -2.39. The molecule has 0 aromatic heterocycles. The van der Waals surface area contributed by atoms with Crippen molar-refractivity contribution < 1.29 is 9.18 Å². The Labute approximate surface area is 182 Å². The second-order valence-corrected chi connectivity index (χ2v) is 8.96. The molecule has 0 spiro atoms. The van der Waals surface area contributed by atoms with Gasteiger partial charge in [-0.3, -0.25) is 9.79 Å². The van der Waals surface area contributed by atoms with Crippen molar-refractivity contribution >= 4 is 47.6 Å². The average Bonchev–Trinajstić information content (AvgIpc) is 2.58. The van der Waals surface area contributed by atoms with Gasteiger partial charge < -0.3 is 16.0 Å². The Morgan fingerprint density at radius 3 is 2.63 bits per heavy atom. The molecular weight excluding hydrogens is 478 g/mol. The predicted octanol–water partition coefficient (Wildman–Crippen LogP) is 2.88. The van der Waals surface area contributed by atoms with E-state index in [-0.39, 0.29) is 40.4 Å². The summed E-state index contributed by atoms with van der Waals surface area (Å²) in [6.07, 6.45) is 0.458. The summed E-state index contributed by atoms with van der Waals surface area (Å²) >= 11 is 1.96. The fourth-order valence-electron chi connectivity index (χ4n) is 2.98. The Kier molecular flexibility index (Phi) is 9.86. The lowest BCUT2D eigenvalue weighted by molar-refractivity contribution is -0.121. The molecule has 0 saturated carbocycles. The van der Waals surface area contributed by atoms with E-state index in [9.17, 15) is 9.18 Å². The number of rotatable bonds is 6. The van der Waals surface area contributed by atoms with Crippen LogP contribution >= 0.6 is 35.7 Å². The van der Waals surface area contributed by atoms with Crippen molar-refractivity contribution in [3.05, 3.63) is 35.6 Å². The molecule has 1 aromatic rings. The molecule has 1 saturated heterocycles. The molecule has 0 radical (unpaired) electrons. The van der Waals surface area contributed by atoms with Gasteiger partial charge in [-0.15, -0.1) is 24.0 Å². The molecule has 1 amide bonds. The van der Waals surface area contributed by atoms with Crippen molar-refractivity contribution in [1.82, 2.24) is 10.2 Å². The zero-order valence-corrected chi connectivity index (χ0v) is 19.4. The fraction of sp³-hybridized carbons (Fsp3) is 0.579. The second-order valence-electron chi connectivity index (χ2n) is 7.15. The first kappa shape index (κ1) is 24.0. The molecular formula is C19H30FIN4OS. The van der Waals surface area contributed by atoms with E-state index in [1.807, 2.05) is 18.7 Å². The summed E-state index contributed by atoms with van der Waals surface area (Å²) in [5.74, 6) is 0.782. The van der Waals surface area contributed by atoms with E-state index in [4.69, 9.17) is 5.73 Å². The monoisotopic (exact) mass is 508 g/mol. The van der Waals surface area contributed by atoms with Gasteiger partial charge in [0.1, 0.15) is 5.82 Å². The minimum atomic E-state index is -0.415. The number of halogens is 2. The zero-order chi connectivity index (χ0) is 19.2. The van der Waals surface area contributed by atoms with Gasteiger partial charge in [0.15, 0.2) is 5.96 Å². The molecule has 1 fully saturated rings. The number of primary amides is 1. The van der Waals surface area contributed by atoms with E-state index < -0.39 is 5.92 Å². The van der Waals surface area contributed by atoms with Gasteiger partial charge in [0.2, 0.25) is 5.91 Å². The number of aliphatic imine (C=N–C) groups is 1. The standard InChI is InChI=1S/C19H29FN4OS.HI/c1-4-22-18(24-9-10-26-19(2,3)13-24)23-12-15(17(21)25)11-14-5-7-16(20)8-6-14;/h5-8,15H,4,9-13H2,1-3H3,(H2,21,25)(H,22,23);1H. The fourth-order valence-corrected chi connectivity index (χ4v) is 4.09. The number of nitrogens with one attached hydrogen (secondary N) is 1. The largest absolute Gasteiger partial charge is 0.369 e. The van der Waals surface area contributed by atoms with Crippen molar-refractivity contribution in [2.24, 2.45) is 16.6 Å². The molecule has 2 rings (SSSR count). The molecule has 0 bridgehead atoms. The first-order valence-corrected chi connectivity index (χ1v) is 10.0. The van der Waals surface area contributed by atoms with Crippen LogP contribution in [0, 0.1) is 11.7 Å². The summed E-state index contributed by atoms with van der Waals surface area (Å²) in [6, 6.07) is 6.16. The average molecular weight is 508 g/mol. The molecule has 5 nitrogen and oxygen atoms in total. The Morgan fingerprint density at radius 1 is 1.41 bits per heavy atom. The minimum Gasteiger partial charge on any atom is -0.369 e. The Bertz CT molecular complexity index is 639. The number of guanidine groups is 1. The number of carbonyl (C=O) groups excluding carboxylic acids is 1. The molecule has 1 atom stereocenters. The van der Waals surface area contributed by atoms with Crippen LogP contribution in [0.15, 0.2) is 29.3 Å². The van der Waals surface area contributed by atoms with Gasteiger partial charge in [-0.1, -0.05) is 12.1 Å². The number of benzene rings is 1. The zero-order valence-electron chi connectivity index (χ0n) is 16.2. The number of amides is 1. The first-order valence-electron chi connectivity index (χ1n) is 9.01. The smallest absolute Gasteiger partial charge is 0.222 e. The van der Waals surface area contributed by atoms with Crippen molar-refractivity contribution in [3.63, 3.8) is 0 Å².